The van der Waals surface area contributed by atoms with Crippen LogP contribution in [0.1, 0.15) is 17.5 Å². The minimum Gasteiger partial charge on any atom is -0.382 e. The number of hydrogen-bond donors (Lipinski definition) is 0. The zero-order valence-electron chi connectivity index (χ0n) is 13.6. The van der Waals surface area contributed by atoms with Crippen LogP contribution in [0.25, 0.3) is 4.85 Å². The fraction of sp³-hybridized carbons (Fsp3) is 0.471. The second kappa shape index (κ2) is 6.89. The van der Waals surface area contributed by atoms with Gasteiger partial charge in [-0.15, -0.1) is 0 Å². The van der Waals surface area contributed by atoms with Gasteiger partial charge in [-0.25, -0.2) is 4.85 Å². The number of ether oxygens (including phenoxy) is 2. The van der Waals surface area contributed by atoms with Crippen LogP contribution in [0.2, 0.25) is 5.02 Å². The summed E-state index contributed by atoms with van der Waals surface area (Å²) in [7, 11) is 1.62. The van der Waals surface area contributed by atoms with E-state index in [9.17, 15) is 4.79 Å². The van der Waals surface area contributed by atoms with Crippen molar-refractivity contribution < 1.29 is 14.3 Å². The molecule has 0 bridgehead atoms. The van der Waals surface area contributed by atoms with E-state index in [1.165, 1.54) is 0 Å². The van der Waals surface area contributed by atoms with E-state index < -0.39 is 0 Å². The molecule has 1 saturated heterocycles. The van der Waals surface area contributed by atoms with Crippen molar-refractivity contribution in [2.75, 3.05) is 26.9 Å². The fourth-order valence-corrected chi connectivity index (χ4v) is 3.35. The Kier molecular flexibility index (Phi) is 4.86. The Balaban J connectivity index is 1.95. The zero-order chi connectivity index (χ0) is 17.3. The molecule has 3 rings (SSSR count). The van der Waals surface area contributed by atoms with Crippen LogP contribution in [-0.4, -0.2) is 55.5 Å². The van der Waals surface area contributed by atoms with E-state index in [1.807, 2.05) is 13.0 Å². The third-order valence-electron chi connectivity index (χ3n) is 4.36. The Bertz CT molecular complexity index is 741. The largest absolute Gasteiger partial charge is 0.382 e. The normalized spacial score (nSPS) is 22.5. The summed E-state index contributed by atoms with van der Waals surface area (Å²) in [6.45, 7) is 10.2. The molecule has 0 radical (unpaired) electrons. The Morgan fingerprint density at radius 1 is 1.46 bits per heavy atom. The molecule has 0 aliphatic carbocycles. The third kappa shape index (κ3) is 2.91. The summed E-state index contributed by atoms with van der Waals surface area (Å²) in [5.41, 5.74) is 2.84. The highest BCUT2D eigenvalue weighted by atomic mass is 35.5. The molecule has 2 aliphatic heterocycles. The number of Topliss-reactive ketones (excluding diaryl/α,β-unsaturated/α-hetero) is 1. The van der Waals surface area contributed by atoms with E-state index >= 15 is 0 Å². The minimum atomic E-state index is -0.305. The van der Waals surface area contributed by atoms with E-state index in [2.05, 4.69) is 9.95 Å². The molecular weight excluding hydrogens is 330 g/mol. The van der Waals surface area contributed by atoms with Crippen molar-refractivity contribution in [3.8, 4) is 0 Å². The number of hydrogen-bond acceptors (Lipinski definition) is 5. The van der Waals surface area contributed by atoms with Crippen molar-refractivity contribution in [1.82, 2.24) is 5.01 Å². The predicted molar refractivity (Wildman–Crippen MR) is 90.7 cm³/mol. The van der Waals surface area contributed by atoms with Crippen LogP contribution in [0.3, 0.4) is 0 Å². The van der Waals surface area contributed by atoms with Crippen molar-refractivity contribution >= 4 is 28.8 Å². The number of hydrazone groups is 1. The smallest absolute Gasteiger partial charge is 0.205 e. The van der Waals surface area contributed by atoms with Crippen LogP contribution in [0.4, 0.5) is 5.69 Å². The van der Waals surface area contributed by atoms with Crippen LogP contribution in [-0.2, 0) is 14.3 Å². The van der Waals surface area contributed by atoms with Crippen LogP contribution < -0.4 is 0 Å². The van der Waals surface area contributed by atoms with Crippen LogP contribution in [0, 0.1) is 13.5 Å². The summed E-state index contributed by atoms with van der Waals surface area (Å²) >= 11 is 6.30. The number of nitrogens with zero attached hydrogens (tertiary/aromatic N) is 3. The summed E-state index contributed by atoms with van der Waals surface area (Å²) in [5.74, 6) is 0.168. The van der Waals surface area contributed by atoms with Crippen LogP contribution in [0.15, 0.2) is 17.2 Å². The van der Waals surface area contributed by atoms with Crippen molar-refractivity contribution in [2.45, 2.75) is 25.5 Å². The lowest BCUT2D eigenvalue weighted by atomic mass is 9.95. The summed E-state index contributed by atoms with van der Waals surface area (Å²) in [6.07, 6.45) is 0.123. The molecule has 0 saturated carbocycles. The Morgan fingerprint density at radius 2 is 2.25 bits per heavy atom. The maximum Gasteiger partial charge on any atom is 0.205 e. The van der Waals surface area contributed by atoms with Crippen LogP contribution >= 0.6 is 11.6 Å². The summed E-state index contributed by atoms with van der Waals surface area (Å²) in [6, 6.07) is 3.47. The summed E-state index contributed by atoms with van der Waals surface area (Å²) in [5, 5.41) is 6.85. The molecule has 1 aromatic carbocycles. The van der Waals surface area contributed by atoms with E-state index in [0.29, 0.717) is 36.9 Å². The maximum atomic E-state index is 11.7. The lowest BCUT2D eigenvalue weighted by molar-refractivity contribution is -0.117. The number of methoxy groups -OCH3 is 1. The Labute approximate surface area is 145 Å². The van der Waals surface area contributed by atoms with Gasteiger partial charge in [0.2, 0.25) is 5.69 Å². The third-order valence-corrected chi connectivity index (χ3v) is 4.84. The lowest BCUT2D eigenvalue weighted by Gasteiger charge is -2.21. The first-order valence-electron chi connectivity index (χ1n) is 7.71. The molecule has 0 aromatic heterocycles. The second-order valence-electron chi connectivity index (χ2n) is 5.86. The number of halogens is 1. The number of carbonyl (C=O) groups excluding carboxylic acids is 1. The van der Waals surface area contributed by atoms with Crippen molar-refractivity contribution in [2.24, 2.45) is 5.10 Å². The number of benzene rings is 1. The molecule has 0 unspecified atom stereocenters. The van der Waals surface area contributed by atoms with Crippen molar-refractivity contribution in [1.29, 1.82) is 0 Å². The van der Waals surface area contributed by atoms with E-state index in [1.54, 1.807) is 18.2 Å². The summed E-state index contributed by atoms with van der Waals surface area (Å²) in [4.78, 5) is 15.2. The fourth-order valence-electron chi connectivity index (χ4n) is 3.14. The van der Waals surface area contributed by atoms with Gasteiger partial charge >= 0.3 is 0 Å². The monoisotopic (exact) mass is 347 g/mol. The Morgan fingerprint density at radius 3 is 2.96 bits per heavy atom. The highest BCUT2D eigenvalue weighted by molar-refractivity contribution is 6.34. The van der Waals surface area contributed by atoms with Gasteiger partial charge in [-0.05, 0) is 12.5 Å². The van der Waals surface area contributed by atoms with Gasteiger partial charge in [-0.2, -0.15) is 5.10 Å². The van der Waals surface area contributed by atoms with E-state index in [0.717, 1.165) is 16.8 Å². The number of fused-ring (bicyclic) bond motifs is 1. The number of ketones is 1. The van der Waals surface area contributed by atoms with Gasteiger partial charge < -0.3 is 9.47 Å². The van der Waals surface area contributed by atoms with Gasteiger partial charge in [-0.1, -0.05) is 23.7 Å². The van der Waals surface area contributed by atoms with E-state index in [-0.39, 0.29) is 17.9 Å². The molecule has 24 heavy (non-hydrogen) atoms. The first kappa shape index (κ1) is 16.9. The molecule has 6 nitrogen and oxygen atoms in total. The highest BCUT2D eigenvalue weighted by Gasteiger charge is 2.44. The van der Waals surface area contributed by atoms with Crippen molar-refractivity contribution in [3.63, 3.8) is 0 Å². The second-order valence-corrected chi connectivity index (χ2v) is 6.24. The van der Waals surface area contributed by atoms with Crippen molar-refractivity contribution in [3.05, 3.63) is 39.7 Å². The molecule has 2 heterocycles. The quantitative estimate of drug-likeness (QED) is 0.607. The van der Waals surface area contributed by atoms with Gasteiger partial charge in [-0.3, -0.25) is 9.80 Å². The minimum absolute atomic E-state index is 0.0805. The molecule has 0 amide bonds. The standard InChI is InChI=1S/C17H18ClN3O3/c1-10-12(4-5-13(19-2)15(10)18)16-17(24-7-6-23-3)14-8-11(22)9-21(14)20-16/h4-5,14,17H,6-9H2,1,3H3/t14-,17-/m0/s1. The SMILES string of the molecule is [C-]#[N+]c1ccc(C2=NN3CC(=O)C[C@H]3[C@@H]2OCCOC)c(C)c1Cl. The maximum absolute atomic E-state index is 11.7. The average Bonchev–Trinajstić information content (AvgIpc) is 3.07. The Hall–Kier alpha value is -1.94. The molecule has 0 N–H and O–H groups in total. The molecular formula is C17H18ClN3O3. The lowest BCUT2D eigenvalue weighted by Crippen LogP contribution is -2.36. The number of rotatable bonds is 5. The first-order chi connectivity index (χ1) is 11.6. The van der Waals surface area contributed by atoms with Gasteiger partial charge in [0.25, 0.3) is 0 Å². The van der Waals surface area contributed by atoms with Gasteiger partial charge in [0.15, 0.2) is 5.78 Å². The van der Waals surface area contributed by atoms with Gasteiger partial charge in [0.05, 0.1) is 43.1 Å². The highest BCUT2D eigenvalue weighted by Crippen LogP contribution is 2.35. The van der Waals surface area contributed by atoms with Crippen LogP contribution in [0.5, 0.6) is 0 Å². The molecule has 126 valence electrons. The van der Waals surface area contributed by atoms with Gasteiger partial charge in [0, 0.05) is 19.1 Å². The molecule has 2 aliphatic rings. The molecule has 1 aromatic rings. The first-order valence-corrected chi connectivity index (χ1v) is 8.09. The molecule has 0 spiro atoms. The number of carbonyl (C=O) groups is 1. The average molecular weight is 348 g/mol. The topological polar surface area (TPSA) is 55.5 Å². The zero-order valence-corrected chi connectivity index (χ0v) is 14.3. The summed E-state index contributed by atoms with van der Waals surface area (Å²) < 4.78 is 11.0. The van der Waals surface area contributed by atoms with E-state index in [4.69, 9.17) is 27.6 Å². The predicted octanol–water partition coefficient (Wildman–Crippen LogP) is 2.59. The molecule has 2 atom stereocenters. The van der Waals surface area contributed by atoms with Gasteiger partial charge in [0.1, 0.15) is 6.10 Å². The molecule has 7 heteroatoms. The molecule has 1 fully saturated rings.